The van der Waals surface area contributed by atoms with Gasteiger partial charge in [0.05, 0.1) is 11.0 Å². The van der Waals surface area contributed by atoms with E-state index in [9.17, 15) is 8.42 Å². The van der Waals surface area contributed by atoms with E-state index in [0.29, 0.717) is 12.2 Å². The van der Waals surface area contributed by atoms with Crippen LogP contribution in [-0.2, 0) is 9.84 Å². The average molecular weight is 235 g/mol. The number of unbranched alkanes of at least 4 members (excludes halogenated alkanes) is 1. The summed E-state index contributed by atoms with van der Waals surface area (Å²) in [5.74, 6) is 0.337. The van der Waals surface area contributed by atoms with Gasteiger partial charge in [-0.2, -0.15) is 0 Å². The van der Waals surface area contributed by atoms with Gasteiger partial charge in [0.25, 0.3) is 0 Å². The zero-order chi connectivity index (χ0) is 11.9. The minimum Gasteiger partial charge on any atom is -0.314 e. The van der Waals surface area contributed by atoms with E-state index in [1.54, 1.807) is 0 Å². The molecule has 0 saturated carbocycles. The predicted molar refractivity (Wildman–Crippen MR) is 65.9 cm³/mol. The third-order valence-corrected chi connectivity index (χ3v) is 4.91. The first-order chi connectivity index (χ1) is 6.94. The fourth-order valence-corrected chi connectivity index (χ4v) is 3.30. The smallest absolute Gasteiger partial charge is 0.152 e. The number of rotatable bonds is 8. The van der Waals surface area contributed by atoms with Crippen LogP contribution in [0, 0.1) is 0 Å². The normalized spacial score (nSPS) is 16.3. The maximum atomic E-state index is 11.8. The predicted octanol–water partition coefficient (Wildman–Crippen LogP) is 1.98. The molecule has 0 heterocycles. The fraction of sp³-hybridized carbons (Fsp3) is 1.00. The van der Waals surface area contributed by atoms with Gasteiger partial charge in [0, 0.05) is 6.04 Å². The molecule has 4 heteroatoms. The number of hydrogen-bond donors (Lipinski definition) is 1. The summed E-state index contributed by atoms with van der Waals surface area (Å²) < 4.78 is 23.6. The van der Waals surface area contributed by atoms with Gasteiger partial charge in [0.2, 0.25) is 0 Å². The van der Waals surface area contributed by atoms with Gasteiger partial charge in [0.15, 0.2) is 9.84 Å². The van der Waals surface area contributed by atoms with E-state index in [1.807, 2.05) is 27.7 Å². The van der Waals surface area contributed by atoms with Gasteiger partial charge >= 0.3 is 0 Å². The monoisotopic (exact) mass is 235 g/mol. The molecule has 15 heavy (non-hydrogen) atoms. The quantitative estimate of drug-likeness (QED) is 0.700. The van der Waals surface area contributed by atoms with E-state index in [2.05, 4.69) is 5.32 Å². The highest BCUT2D eigenvalue weighted by atomic mass is 32.2. The molecule has 1 N–H and O–H groups in total. The lowest BCUT2D eigenvalue weighted by atomic mass is 10.2. The van der Waals surface area contributed by atoms with E-state index in [0.717, 1.165) is 19.4 Å². The molecular formula is C11H25NO2S. The largest absolute Gasteiger partial charge is 0.314 e. The van der Waals surface area contributed by atoms with Crippen LogP contribution in [0.2, 0.25) is 0 Å². The van der Waals surface area contributed by atoms with Crippen LogP contribution in [0.4, 0.5) is 0 Å². The minimum absolute atomic E-state index is 0.224. The van der Waals surface area contributed by atoms with Crippen LogP contribution in [0.5, 0.6) is 0 Å². The zero-order valence-corrected chi connectivity index (χ0v) is 11.2. The molecule has 0 radical (unpaired) electrons. The molecule has 0 aliphatic rings. The van der Waals surface area contributed by atoms with Crippen LogP contribution in [0.3, 0.4) is 0 Å². The first-order valence-corrected chi connectivity index (χ1v) is 7.60. The summed E-state index contributed by atoms with van der Waals surface area (Å²) in [6.07, 6.45) is 2.43. The van der Waals surface area contributed by atoms with Gasteiger partial charge in [0.1, 0.15) is 0 Å². The first kappa shape index (κ1) is 14.9. The van der Waals surface area contributed by atoms with Crippen molar-refractivity contribution in [1.29, 1.82) is 0 Å². The minimum atomic E-state index is -2.88. The van der Waals surface area contributed by atoms with E-state index in [1.165, 1.54) is 0 Å². The summed E-state index contributed by atoms with van der Waals surface area (Å²) in [4.78, 5) is 0. The third-order valence-electron chi connectivity index (χ3n) is 2.63. The van der Waals surface area contributed by atoms with Crippen molar-refractivity contribution >= 4 is 9.84 Å². The van der Waals surface area contributed by atoms with Crippen LogP contribution >= 0.6 is 0 Å². The SMILES string of the molecule is CCCCS(=O)(=O)C(C)CC(C)NCC. The molecule has 92 valence electrons. The molecule has 0 aliphatic carbocycles. The van der Waals surface area contributed by atoms with Crippen LogP contribution in [0.15, 0.2) is 0 Å². The topological polar surface area (TPSA) is 46.2 Å². The maximum absolute atomic E-state index is 11.8. The van der Waals surface area contributed by atoms with Crippen molar-refractivity contribution in [3.8, 4) is 0 Å². The highest BCUT2D eigenvalue weighted by Gasteiger charge is 2.21. The van der Waals surface area contributed by atoms with Gasteiger partial charge in [-0.05, 0) is 33.2 Å². The molecule has 3 nitrogen and oxygen atoms in total. The summed E-state index contributed by atoms with van der Waals surface area (Å²) >= 11 is 0. The molecule has 0 bridgehead atoms. The Morgan fingerprint density at radius 2 is 1.80 bits per heavy atom. The standard InChI is InChI=1S/C11H25NO2S/c1-5-7-8-15(13,14)11(4)9-10(3)12-6-2/h10-12H,5-9H2,1-4H3. The second-order valence-electron chi connectivity index (χ2n) is 4.23. The lowest BCUT2D eigenvalue weighted by Gasteiger charge is -2.18. The molecular weight excluding hydrogens is 210 g/mol. The van der Waals surface area contributed by atoms with E-state index < -0.39 is 9.84 Å². The number of nitrogens with one attached hydrogen (secondary N) is 1. The first-order valence-electron chi connectivity index (χ1n) is 5.89. The van der Waals surface area contributed by atoms with Crippen LogP contribution in [-0.4, -0.2) is 32.0 Å². The van der Waals surface area contributed by atoms with Gasteiger partial charge < -0.3 is 5.32 Å². The van der Waals surface area contributed by atoms with Gasteiger partial charge in [-0.3, -0.25) is 0 Å². The summed E-state index contributed by atoms with van der Waals surface area (Å²) in [6, 6.07) is 0.279. The highest BCUT2D eigenvalue weighted by Crippen LogP contribution is 2.11. The molecule has 0 amide bonds. The summed E-state index contributed by atoms with van der Waals surface area (Å²) in [7, 11) is -2.88. The average Bonchev–Trinajstić information content (AvgIpc) is 2.15. The van der Waals surface area contributed by atoms with Gasteiger partial charge in [-0.25, -0.2) is 8.42 Å². The molecule has 0 saturated heterocycles. The lowest BCUT2D eigenvalue weighted by Crippen LogP contribution is -2.32. The fourth-order valence-electron chi connectivity index (χ4n) is 1.62. The molecule has 0 fully saturated rings. The second-order valence-corrected chi connectivity index (χ2v) is 6.76. The number of hydrogen-bond acceptors (Lipinski definition) is 3. The Morgan fingerprint density at radius 1 is 1.20 bits per heavy atom. The Balaban J connectivity index is 4.12. The second kappa shape index (κ2) is 7.23. The van der Waals surface area contributed by atoms with E-state index in [4.69, 9.17) is 0 Å². The Labute approximate surface area is 94.6 Å². The summed E-state index contributed by atoms with van der Waals surface area (Å²) in [5, 5.41) is 3.02. The molecule has 0 aromatic carbocycles. The van der Waals surface area contributed by atoms with Crippen LogP contribution in [0.25, 0.3) is 0 Å². The molecule has 0 aromatic heterocycles. The van der Waals surface area contributed by atoms with Gasteiger partial charge in [-0.1, -0.05) is 20.3 Å². The van der Waals surface area contributed by atoms with Crippen molar-refractivity contribution in [2.75, 3.05) is 12.3 Å². The van der Waals surface area contributed by atoms with Crippen molar-refractivity contribution in [1.82, 2.24) is 5.32 Å². The molecule has 0 aliphatic heterocycles. The van der Waals surface area contributed by atoms with Crippen molar-refractivity contribution in [3.05, 3.63) is 0 Å². The molecule has 2 atom stereocenters. The van der Waals surface area contributed by atoms with Gasteiger partial charge in [-0.15, -0.1) is 0 Å². The van der Waals surface area contributed by atoms with Crippen molar-refractivity contribution < 1.29 is 8.42 Å². The Morgan fingerprint density at radius 3 is 2.27 bits per heavy atom. The summed E-state index contributed by atoms with van der Waals surface area (Å²) in [5.41, 5.74) is 0. The van der Waals surface area contributed by atoms with E-state index >= 15 is 0 Å². The van der Waals surface area contributed by atoms with Crippen LogP contribution < -0.4 is 5.32 Å². The van der Waals surface area contributed by atoms with Crippen molar-refractivity contribution in [2.45, 2.75) is 58.2 Å². The molecule has 0 spiro atoms. The van der Waals surface area contributed by atoms with E-state index in [-0.39, 0.29) is 11.3 Å². The highest BCUT2D eigenvalue weighted by molar-refractivity contribution is 7.91. The third kappa shape index (κ3) is 6.15. The maximum Gasteiger partial charge on any atom is 0.152 e. The molecule has 2 unspecified atom stereocenters. The number of sulfone groups is 1. The van der Waals surface area contributed by atoms with Crippen molar-refractivity contribution in [3.63, 3.8) is 0 Å². The Bertz CT molecular complexity index is 249. The van der Waals surface area contributed by atoms with Crippen LogP contribution in [0.1, 0.15) is 47.0 Å². The molecule has 0 rings (SSSR count). The lowest BCUT2D eigenvalue weighted by molar-refractivity contribution is 0.508. The Hall–Kier alpha value is -0.0900. The summed E-state index contributed by atoms with van der Waals surface area (Å²) in [6.45, 7) is 8.80. The zero-order valence-electron chi connectivity index (χ0n) is 10.4. The Kier molecular flexibility index (Phi) is 7.18. The van der Waals surface area contributed by atoms with Crippen molar-refractivity contribution in [2.24, 2.45) is 0 Å². The molecule has 0 aromatic rings.